The zero-order chi connectivity index (χ0) is 56.6. The molecule has 0 aliphatic carbocycles. The van der Waals surface area contributed by atoms with E-state index < -0.39 is 78.6 Å². The first-order valence-corrected chi connectivity index (χ1v) is 28.2. The molecule has 0 bridgehead atoms. The molecule has 6 aromatic rings. The molecule has 5 N–H and O–H groups in total. The fourth-order valence-electron chi connectivity index (χ4n) is 8.76. The number of hydrogen-bond donors (Lipinski definition) is 4. The SMILES string of the molecule is CCN(CC)CC.N[C@@H]1COC[C@H](N2c3ccccc3Oc3ccccc32)[C@H]1O.O=S(=O)(Cl)c1cnn(CC(F)(F)F)c1.O=S(=O)(N[C@@H]1COC[C@H](N2c3ccccc3Oc3ccccc32)[C@H]1O)c1cnn(CC(F)(F)F)c1. The molecule has 0 amide bonds. The van der Waals surface area contributed by atoms with Crippen molar-refractivity contribution < 1.29 is 72.3 Å². The zero-order valence-electron chi connectivity index (χ0n) is 42.2. The predicted octanol–water partition coefficient (Wildman–Crippen LogP) is 7.53. The lowest BCUT2D eigenvalue weighted by molar-refractivity contribution is -0.143. The predicted molar refractivity (Wildman–Crippen MR) is 277 cm³/mol. The lowest BCUT2D eigenvalue weighted by Gasteiger charge is -2.44. The summed E-state index contributed by atoms with van der Waals surface area (Å²) >= 11 is 0. The van der Waals surface area contributed by atoms with Crippen LogP contribution in [0.2, 0.25) is 0 Å². The Balaban J connectivity index is 0.000000174. The number of aliphatic hydroxyl groups is 2. The second kappa shape index (κ2) is 25.4. The van der Waals surface area contributed by atoms with E-state index in [0.717, 1.165) is 47.7 Å². The van der Waals surface area contributed by atoms with Crippen LogP contribution in [0.5, 0.6) is 23.0 Å². The number of halogens is 7. The van der Waals surface area contributed by atoms with E-state index in [1.807, 2.05) is 89.8 Å². The van der Waals surface area contributed by atoms with Crippen molar-refractivity contribution in [2.24, 2.45) is 5.73 Å². The number of anilines is 4. The summed E-state index contributed by atoms with van der Waals surface area (Å²) < 4.78 is 147. The fraction of sp³-hybridized carbons (Fsp3) is 0.400. The molecule has 28 heteroatoms. The molecule has 0 spiro atoms. The summed E-state index contributed by atoms with van der Waals surface area (Å²) in [6.45, 7) is 8.14. The van der Waals surface area contributed by atoms with Gasteiger partial charge in [-0.05, 0) is 68.2 Å². The summed E-state index contributed by atoms with van der Waals surface area (Å²) in [5.74, 6) is 2.68. The van der Waals surface area contributed by atoms with Crippen molar-refractivity contribution >= 4 is 52.5 Å². The van der Waals surface area contributed by atoms with Gasteiger partial charge in [-0.1, -0.05) is 69.3 Å². The second-order valence-corrected chi connectivity index (χ2v) is 22.2. The first kappa shape index (κ1) is 59.6. The van der Waals surface area contributed by atoms with Crippen LogP contribution < -0.4 is 29.7 Å². The van der Waals surface area contributed by atoms with Gasteiger partial charge in [-0.2, -0.15) is 36.5 Å². The minimum atomic E-state index is -4.55. The minimum absolute atomic E-state index is 0.103. The maximum atomic E-state index is 12.9. The number of benzene rings is 4. The van der Waals surface area contributed by atoms with Gasteiger partial charge in [0.1, 0.15) is 22.9 Å². The average Bonchev–Trinajstić information content (AvgIpc) is 4.07. The highest BCUT2D eigenvalue weighted by Gasteiger charge is 2.43. The molecule has 6 atom stereocenters. The number of aliphatic hydroxyl groups excluding tert-OH is 2. The average molecular weight is 1160 g/mol. The first-order valence-electron chi connectivity index (χ1n) is 24.4. The van der Waals surface area contributed by atoms with Gasteiger partial charge in [0.15, 0.2) is 23.0 Å². The van der Waals surface area contributed by atoms with Crippen molar-refractivity contribution in [3.63, 3.8) is 0 Å². The summed E-state index contributed by atoms with van der Waals surface area (Å²) in [5.41, 5.74) is 9.17. The zero-order valence-corrected chi connectivity index (χ0v) is 44.6. The number of nitrogens with zero attached hydrogens (tertiary/aromatic N) is 7. The van der Waals surface area contributed by atoms with Crippen LogP contribution in [0.1, 0.15) is 20.8 Å². The van der Waals surface area contributed by atoms with E-state index in [4.69, 9.17) is 35.4 Å². The summed E-state index contributed by atoms with van der Waals surface area (Å²) in [6, 6.07) is 27.7. The highest BCUT2D eigenvalue weighted by molar-refractivity contribution is 8.13. The molecule has 2 saturated heterocycles. The van der Waals surface area contributed by atoms with E-state index in [-0.39, 0.29) is 25.3 Å². The Morgan fingerprint density at radius 3 is 1.36 bits per heavy atom. The van der Waals surface area contributed by atoms with Gasteiger partial charge in [-0.3, -0.25) is 9.36 Å². The Hall–Kier alpha value is -6.01. The van der Waals surface area contributed by atoms with E-state index in [1.54, 1.807) is 12.1 Å². The van der Waals surface area contributed by atoms with Crippen LogP contribution in [-0.4, -0.2) is 146 Å². The molecule has 19 nitrogen and oxygen atoms in total. The van der Waals surface area contributed by atoms with Gasteiger partial charge in [0.2, 0.25) is 10.0 Å². The number of aromatic nitrogens is 4. The van der Waals surface area contributed by atoms with Crippen LogP contribution in [0, 0.1) is 0 Å². The Labute approximate surface area is 451 Å². The largest absolute Gasteiger partial charge is 0.453 e. The third-order valence-corrected chi connectivity index (χ3v) is 15.3. The molecule has 2 fully saturated rings. The molecule has 10 rings (SSSR count). The second-order valence-electron chi connectivity index (χ2n) is 17.9. The molecule has 78 heavy (non-hydrogen) atoms. The van der Waals surface area contributed by atoms with E-state index >= 15 is 0 Å². The maximum absolute atomic E-state index is 12.9. The highest BCUT2D eigenvalue weighted by Crippen LogP contribution is 2.49. The molecule has 4 aliphatic rings. The number of nitrogens with one attached hydrogen (secondary N) is 1. The number of alkyl halides is 6. The van der Waals surface area contributed by atoms with Gasteiger partial charge in [-0.15, -0.1) is 0 Å². The number of para-hydroxylation sites is 8. The number of rotatable bonds is 11. The summed E-state index contributed by atoms with van der Waals surface area (Å²) in [5, 5.41) is 28.5. The van der Waals surface area contributed by atoms with Crippen LogP contribution in [0.25, 0.3) is 0 Å². The highest BCUT2D eigenvalue weighted by atomic mass is 35.7. The topological polar surface area (TPSA) is 229 Å². The Morgan fingerprint density at radius 2 is 0.987 bits per heavy atom. The van der Waals surface area contributed by atoms with Crippen molar-refractivity contribution in [2.75, 3.05) is 55.9 Å². The van der Waals surface area contributed by atoms with E-state index in [9.17, 15) is 53.4 Å². The van der Waals surface area contributed by atoms with E-state index in [2.05, 4.69) is 45.5 Å². The molecular formula is C50H58ClF6N9O10S2. The normalized spacial score (nSPS) is 20.8. The molecule has 0 saturated carbocycles. The Bertz CT molecular complexity index is 3070. The standard InChI is InChI=1S/C22H21F3N4O5S.C17H18N2O3.C6H15N.C5H4ClF3N2O2S/c23-22(24,25)13-28-10-14(9-26-28)35(31,32)27-15-11-33-12-18(21(15)30)29-16-5-1-3-7-19(16)34-20-8-4-2-6-17(20)29;18-11-9-21-10-14(17(11)20)19-12-5-1-3-7-15(12)22-16-8-4-2-6-13(16)19;1-4-7(5-2)6-3;6-14(12,13)4-1-10-11(2-4)3-5(7,8)9/h1-10,15,18,21,27,30H,11-13H2;1-8,11,14,17,20H,9-10,18H2;4-6H2,1-3H3;1-2H,3H2/t15-,18+,21+;11-,14+,17+;;/m11../s1. The van der Waals surface area contributed by atoms with Gasteiger partial charge in [0.25, 0.3) is 9.05 Å². The van der Waals surface area contributed by atoms with Gasteiger partial charge in [0, 0.05) is 23.1 Å². The summed E-state index contributed by atoms with van der Waals surface area (Å²) in [4.78, 5) is 5.40. The van der Waals surface area contributed by atoms with Gasteiger partial charge in [0.05, 0.1) is 97.9 Å². The molecule has 4 aromatic carbocycles. The Morgan fingerprint density at radius 1 is 0.615 bits per heavy atom. The van der Waals surface area contributed by atoms with Crippen molar-refractivity contribution in [2.45, 2.75) is 92.4 Å². The molecule has 0 radical (unpaired) electrons. The molecule has 4 aliphatic heterocycles. The molecule has 6 heterocycles. The third-order valence-electron chi connectivity index (χ3n) is 12.6. The smallest absolute Gasteiger partial charge is 0.408 e. The number of hydrogen-bond acceptors (Lipinski definition) is 16. The van der Waals surface area contributed by atoms with Crippen LogP contribution in [0.4, 0.5) is 49.1 Å². The molecular weight excluding hydrogens is 1100 g/mol. The van der Waals surface area contributed by atoms with Crippen LogP contribution in [-0.2, 0) is 41.6 Å². The lowest BCUT2D eigenvalue weighted by atomic mass is 9.98. The number of sulfonamides is 1. The van der Waals surface area contributed by atoms with E-state index in [1.165, 1.54) is 19.6 Å². The summed E-state index contributed by atoms with van der Waals surface area (Å²) in [6.07, 6.45) is -7.78. The van der Waals surface area contributed by atoms with Crippen LogP contribution in [0.3, 0.4) is 0 Å². The first-order chi connectivity index (χ1) is 36.9. The Kier molecular flexibility index (Phi) is 19.4. The van der Waals surface area contributed by atoms with E-state index in [0.29, 0.717) is 45.5 Å². The number of ether oxygens (including phenoxy) is 4. The van der Waals surface area contributed by atoms with Crippen LogP contribution >= 0.6 is 10.7 Å². The van der Waals surface area contributed by atoms with Gasteiger partial charge in [-0.25, -0.2) is 21.6 Å². The molecule has 424 valence electrons. The maximum Gasteiger partial charge on any atom is 0.408 e. The quantitative estimate of drug-likeness (QED) is 0.0726. The number of nitrogens with two attached hydrogens (primary N) is 1. The molecule has 0 unspecified atom stereocenters. The van der Waals surface area contributed by atoms with Crippen molar-refractivity contribution in [1.29, 1.82) is 0 Å². The van der Waals surface area contributed by atoms with Crippen molar-refractivity contribution in [3.8, 4) is 23.0 Å². The van der Waals surface area contributed by atoms with Crippen molar-refractivity contribution in [1.82, 2.24) is 29.2 Å². The monoisotopic (exact) mass is 1160 g/mol. The number of fused-ring (bicyclic) bond motifs is 4. The van der Waals surface area contributed by atoms with Crippen LogP contribution in [0.15, 0.2) is 132 Å². The molecule has 2 aromatic heterocycles. The van der Waals surface area contributed by atoms with Gasteiger partial charge >= 0.3 is 12.4 Å². The lowest BCUT2D eigenvalue weighted by Crippen LogP contribution is -2.60. The third kappa shape index (κ3) is 15.0. The van der Waals surface area contributed by atoms with Crippen molar-refractivity contribution in [3.05, 3.63) is 122 Å². The minimum Gasteiger partial charge on any atom is -0.453 e. The fourth-order valence-corrected chi connectivity index (χ4v) is 10.6. The summed E-state index contributed by atoms with van der Waals surface area (Å²) in [7, 11) is -3.42. The van der Waals surface area contributed by atoms with Gasteiger partial charge < -0.3 is 49.6 Å².